The van der Waals surface area contributed by atoms with Crippen molar-refractivity contribution in [2.45, 2.75) is 0 Å². The Hall–Kier alpha value is -2.11. The molecule has 6 heteroatoms. The van der Waals surface area contributed by atoms with Gasteiger partial charge in [-0.2, -0.15) is 0 Å². The molecular formula is C10H10O6. The van der Waals surface area contributed by atoms with Crippen LogP contribution in [0, 0.1) is 0 Å². The third-order valence-corrected chi connectivity index (χ3v) is 2.21. The van der Waals surface area contributed by atoms with E-state index >= 15 is 0 Å². The number of hydrogen-bond acceptors (Lipinski definition) is 5. The molecule has 1 aliphatic heterocycles. The lowest BCUT2D eigenvalue weighted by Gasteiger charge is -2.12. The van der Waals surface area contributed by atoms with Crippen LogP contribution in [0.4, 0.5) is 0 Å². The van der Waals surface area contributed by atoms with E-state index in [0.29, 0.717) is 11.5 Å². The Labute approximate surface area is 91.3 Å². The molecule has 0 fully saturated rings. The molecule has 0 saturated heterocycles. The van der Waals surface area contributed by atoms with Gasteiger partial charge in [0.25, 0.3) is 0 Å². The predicted octanol–water partition coefficient (Wildman–Crippen LogP) is 1.13. The first-order valence-electron chi connectivity index (χ1n) is 4.47. The number of ether oxygens (including phenoxy) is 4. The fourth-order valence-electron chi connectivity index (χ4n) is 1.54. The second-order valence-corrected chi connectivity index (χ2v) is 3.03. The molecule has 1 aliphatic rings. The van der Waals surface area contributed by atoms with Gasteiger partial charge in [0.1, 0.15) is 5.56 Å². The Bertz CT molecular complexity index is 439. The Morgan fingerprint density at radius 1 is 1.31 bits per heavy atom. The highest BCUT2D eigenvalue weighted by Gasteiger charge is 2.28. The van der Waals surface area contributed by atoms with Crippen LogP contribution in [0.1, 0.15) is 10.4 Å². The van der Waals surface area contributed by atoms with Crippen LogP contribution >= 0.6 is 0 Å². The monoisotopic (exact) mass is 226 g/mol. The molecule has 0 aliphatic carbocycles. The maximum Gasteiger partial charge on any atom is 0.339 e. The molecule has 0 spiro atoms. The van der Waals surface area contributed by atoms with Gasteiger partial charge < -0.3 is 24.1 Å². The fourth-order valence-corrected chi connectivity index (χ4v) is 1.54. The van der Waals surface area contributed by atoms with Gasteiger partial charge in [0.05, 0.1) is 14.2 Å². The van der Waals surface area contributed by atoms with Gasteiger partial charge in [-0.3, -0.25) is 0 Å². The largest absolute Gasteiger partial charge is 0.492 e. The van der Waals surface area contributed by atoms with Crippen molar-refractivity contribution in [3.05, 3.63) is 11.6 Å². The van der Waals surface area contributed by atoms with Crippen molar-refractivity contribution < 1.29 is 28.8 Å². The summed E-state index contributed by atoms with van der Waals surface area (Å²) in [6.45, 7) is 0.0396. The minimum atomic E-state index is -1.12. The SMILES string of the molecule is COc1c(C(=O)O)cc2c(c1OC)OCO2. The summed E-state index contributed by atoms with van der Waals surface area (Å²) >= 11 is 0. The highest BCUT2D eigenvalue weighted by Crippen LogP contribution is 2.48. The Morgan fingerprint density at radius 2 is 2.00 bits per heavy atom. The van der Waals surface area contributed by atoms with E-state index in [1.54, 1.807) is 0 Å². The second kappa shape index (κ2) is 3.80. The molecule has 2 rings (SSSR count). The van der Waals surface area contributed by atoms with Crippen molar-refractivity contribution in [3.8, 4) is 23.0 Å². The summed E-state index contributed by atoms with van der Waals surface area (Å²) in [4.78, 5) is 11.0. The molecular weight excluding hydrogens is 216 g/mol. The lowest BCUT2D eigenvalue weighted by atomic mass is 10.1. The van der Waals surface area contributed by atoms with Crippen molar-refractivity contribution in [3.63, 3.8) is 0 Å². The lowest BCUT2D eigenvalue weighted by Crippen LogP contribution is -2.02. The van der Waals surface area contributed by atoms with Crippen molar-refractivity contribution in [2.75, 3.05) is 21.0 Å². The van der Waals surface area contributed by atoms with Crippen LogP contribution in [0.15, 0.2) is 6.07 Å². The molecule has 1 aromatic rings. The molecule has 16 heavy (non-hydrogen) atoms. The van der Waals surface area contributed by atoms with E-state index in [1.807, 2.05) is 0 Å². The number of methoxy groups -OCH3 is 2. The second-order valence-electron chi connectivity index (χ2n) is 3.03. The van der Waals surface area contributed by atoms with E-state index in [-0.39, 0.29) is 23.9 Å². The summed E-state index contributed by atoms with van der Waals surface area (Å²) in [7, 11) is 2.78. The van der Waals surface area contributed by atoms with Crippen LogP contribution in [-0.4, -0.2) is 32.1 Å². The van der Waals surface area contributed by atoms with Crippen molar-refractivity contribution in [1.82, 2.24) is 0 Å². The van der Waals surface area contributed by atoms with Gasteiger partial charge in [0.2, 0.25) is 18.3 Å². The molecule has 1 N–H and O–H groups in total. The van der Waals surface area contributed by atoms with Crippen LogP contribution in [0.2, 0.25) is 0 Å². The maximum atomic E-state index is 11.0. The van der Waals surface area contributed by atoms with Crippen LogP contribution in [0.5, 0.6) is 23.0 Å². The van der Waals surface area contributed by atoms with Crippen molar-refractivity contribution in [1.29, 1.82) is 0 Å². The van der Waals surface area contributed by atoms with Crippen LogP contribution < -0.4 is 18.9 Å². The molecule has 6 nitrogen and oxygen atoms in total. The number of carboxylic acids is 1. The normalized spacial score (nSPS) is 12.4. The molecule has 0 atom stereocenters. The van der Waals surface area contributed by atoms with Crippen molar-refractivity contribution >= 4 is 5.97 Å². The molecule has 1 aromatic carbocycles. The minimum absolute atomic E-state index is 0.0244. The number of rotatable bonds is 3. The smallest absolute Gasteiger partial charge is 0.339 e. The maximum absolute atomic E-state index is 11.0. The van der Waals surface area contributed by atoms with Gasteiger partial charge in [0, 0.05) is 6.07 Å². The van der Waals surface area contributed by atoms with E-state index in [9.17, 15) is 4.79 Å². The number of fused-ring (bicyclic) bond motifs is 1. The first-order chi connectivity index (χ1) is 7.69. The Balaban J connectivity index is 2.68. The Morgan fingerprint density at radius 3 is 2.56 bits per heavy atom. The van der Waals surface area contributed by atoms with Gasteiger partial charge in [-0.1, -0.05) is 0 Å². The van der Waals surface area contributed by atoms with E-state index in [0.717, 1.165) is 0 Å². The average molecular weight is 226 g/mol. The molecule has 86 valence electrons. The molecule has 0 unspecified atom stereocenters. The molecule has 0 radical (unpaired) electrons. The number of aromatic carboxylic acids is 1. The molecule has 1 heterocycles. The Kier molecular flexibility index (Phi) is 2.47. The first kappa shape index (κ1) is 10.4. The summed E-state index contributed by atoms with van der Waals surface area (Å²) < 4.78 is 20.4. The third kappa shape index (κ3) is 1.39. The van der Waals surface area contributed by atoms with E-state index in [4.69, 9.17) is 24.1 Å². The van der Waals surface area contributed by atoms with Crippen LogP contribution in [0.3, 0.4) is 0 Å². The highest BCUT2D eigenvalue weighted by atomic mass is 16.7. The van der Waals surface area contributed by atoms with Gasteiger partial charge >= 0.3 is 5.97 Å². The standard InChI is InChI=1S/C10H10O6/c1-13-7-5(10(11)12)3-6-8(9(7)14-2)16-4-15-6/h3H,4H2,1-2H3,(H,11,12). The lowest BCUT2D eigenvalue weighted by molar-refractivity contribution is 0.0692. The average Bonchev–Trinajstić information content (AvgIpc) is 2.73. The van der Waals surface area contributed by atoms with E-state index in [2.05, 4.69) is 0 Å². The van der Waals surface area contributed by atoms with E-state index in [1.165, 1.54) is 20.3 Å². The van der Waals surface area contributed by atoms with Crippen LogP contribution in [0.25, 0.3) is 0 Å². The highest BCUT2D eigenvalue weighted by molar-refractivity contribution is 5.94. The third-order valence-electron chi connectivity index (χ3n) is 2.21. The predicted molar refractivity (Wildman–Crippen MR) is 52.6 cm³/mol. The summed E-state index contributed by atoms with van der Waals surface area (Å²) in [5, 5.41) is 9.02. The quantitative estimate of drug-likeness (QED) is 0.832. The first-order valence-corrected chi connectivity index (χ1v) is 4.47. The fraction of sp³-hybridized carbons (Fsp3) is 0.300. The van der Waals surface area contributed by atoms with Crippen LogP contribution in [-0.2, 0) is 0 Å². The topological polar surface area (TPSA) is 74.2 Å². The summed E-state index contributed by atoms with van der Waals surface area (Å²) in [6, 6.07) is 1.35. The zero-order valence-electron chi connectivity index (χ0n) is 8.77. The van der Waals surface area contributed by atoms with Gasteiger partial charge in [-0.25, -0.2) is 4.79 Å². The molecule has 0 bridgehead atoms. The zero-order chi connectivity index (χ0) is 11.7. The summed E-state index contributed by atoms with van der Waals surface area (Å²) in [5.74, 6) is -0.0537. The van der Waals surface area contributed by atoms with Crippen molar-refractivity contribution in [2.24, 2.45) is 0 Å². The number of hydrogen-bond donors (Lipinski definition) is 1. The van der Waals surface area contributed by atoms with Gasteiger partial charge in [-0.05, 0) is 0 Å². The molecule has 0 amide bonds. The zero-order valence-corrected chi connectivity index (χ0v) is 8.77. The number of benzene rings is 1. The van der Waals surface area contributed by atoms with Gasteiger partial charge in [0.15, 0.2) is 11.5 Å². The number of carbonyl (C=O) groups is 1. The summed E-state index contributed by atoms with van der Waals surface area (Å²) in [5.41, 5.74) is -0.0244. The van der Waals surface area contributed by atoms with Gasteiger partial charge in [-0.15, -0.1) is 0 Å². The minimum Gasteiger partial charge on any atom is -0.492 e. The molecule has 0 aromatic heterocycles. The summed E-state index contributed by atoms with van der Waals surface area (Å²) in [6.07, 6.45) is 0. The van der Waals surface area contributed by atoms with E-state index < -0.39 is 5.97 Å². The molecule has 0 saturated carbocycles. The number of carboxylic acid groups (broad SMARTS) is 1.